The lowest BCUT2D eigenvalue weighted by atomic mass is 10.2. The first-order chi connectivity index (χ1) is 14.5. The Kier molecular flexibility index (Phi) is 5.68. The molecule has 4 rings (SSSR count). The number of amides is 1. The predicted octanol–water partition coefficient (Wildman–Crippen LogP) is 4.77. The Morgan fingerprint density at radius 1 is 1.23 bits per heavy atom. The number of aromatic nitrogens is 2. The molecule has 4 aromatic rings. The van der Waals surface area contributed by atoms with E-state index < -0.39 is 0 Å². The second kappa shape index (κ2) is 8.55. The zero-order valence-corrected chi connectivity index (χ0v) is 17.1. The van der Waals surface area contributed by atoms with Gasteiger partial charge in [0.05, 0.1) is 17.4 Å². The summed E-state index contributed by atoms with van der Waals surface area (Å²) in [5, 5.41) is 1.94. The summed E-state index contributed by atoms with van der Waals surface area (Å²) in [4.78, 5) is 34.0. The number of H-pyrrole nitrogens is 1. The van der Waals surface area contributed by atoms with Crippen LogP contribution in [0.3, 0.4) is 0 Å². The van der Waals surface area contributed by atoms with Crippen LogP contribution in [0.15, 0.2) is 63.8 Å². The number of nitrogens with one attached hydrogen (secondary N) is 1. The number of furan rings is 1. The SMILES string of the molecule is CCCN(Cc1nc2cc(Cl)ccc2c(=O)[nH]1)C(=O)/C=C/c1cc2ccccc2o1. The molecule has 152 valence electrons. The number of para-hydroxylation sites is 1. The van der Waals surface area contributed by atoms with Gasteiger partial charge in [-0.1, -0.05) is 36.7 Å². The summed E-state index contributed by atoms with van der Waals surface area (Å²) >= 11 is 6.02. The van der Waals surface area contributed by atoms with E-state index >= 15 is 0 Å². The van der Waals surface area contributed by atoms with Crippen molar-refractivity contribution < 1.29 is 9.21 Å². The zero-order valence-electron chi connectivity index (χ0n) is 16.4. The second-order valence-electron chi connectivity index (χ2n) is 6.95. The van der Waals surface area contributed by atoms with E-state index in [-0.39, 0.29) is 18.0 Å². The first-order valence-electron chi connectivity index (χ1n) is 9.67. The first-order valence-corrected chi connectivity index (χ1v) is 10.1. The van der Waals surface area contributed by atoms with Crippen LogP contribution in [0.25, 0.3) is 27.9 Å². The van der Waals surface area contributed by atoms with Crippen LogP contribution in [0.2, 0.25) is 5.02 Å². The summed E-state index contributed by atoms with van der Waals surface area (Å²) in [5.74, 6) is 0.827. The molecule has 0 aliphatic heterocycles. The highest BCUT2D eigenvalue weighted by atomic mass is 35.5. The van der Waals surface area contributed by atoms with Crippen molar-refractivity contribution in [3.8, 4) is 0 Å². The Balaban J connectivity index is 1.56. The molecule has 0 aliphatic rings. The van der Waals surface area contributed by atoms with Crippen molar-refractivity contribution in [2.24, 2.45) is 0 Å². The average molecular weight is 422 g/mol. The van der Waals surface area contributed by atoms with E-state index in [4.69, 9.17) is 16.0 Å². The number of carbonyl (C=O) groups is 1. The molecule has 0 atom stereocenters. The number of benzene rings is 2. The van der Waals surface area contributed by atoms with Gasteiger partial charge in [0.15, 0.2) is 0 Å². The van der Waals surface area contributed by atoms with Gasteiger partial charge < -0.3 is 14.3 Å². The lowest BCUT2D eigenvalue weighted by Crippen LogP contribution is -2.31. The highest BCUT2D eigenvalue weighted by Gasteiger charge is 2.14. The largest absolute Gasteiger partial charge is 0.457 e. The molecule has 0 spiro atoms. The maximum Gasteiger partial charge on any atom is 0.258 e. The van der Waals surface area contributed by atoms with Crippen LogP contribution >= 0.6 is 11.6 Å². The van der Waals surface area contributed by atoms with Crippen LogP contribution in [0.5, 0.6) is 0 Å². The topological polar surface area (TPSA) is 79.2 Å². The van der Waals surface area contributed by atoms with E-state index in [0.717, 1.165) is 17.4 Å². The smallest absolute Gasteiger partial charge is 0.258 e. The minimum Gasteiger partial charge on any atom is -0.457 e. The van der Waals surface area contributed by atoms with Gasteiger partial charge in [-0.2, -0.15) is 0 Å². The monoisotopic (exact) mass is 421 g/mol. The second-order valence-corrected chi connectivity index (χ2v) is 7.39. The van der Waals surface area contributed by atoms with E-state index in [1.165, 1.54) is 6.08 Å². The van der Waals surface area contributed by atoms with Crippen molar-refractivity contribution >= 4 is 45.5 Å². The van der Waals surface area contributed by atoms with E-state index in [2.05, 4.69) is 9.97 Å². The Labute approximate surface area is 177 Å². The third kappa shape index (κ3) is 4.28. The number of hydrogen-bond acceptors (Lipinski definition) is 4. The van der Waals surface area contributed by atoms with Crippen molar-refractivity contribution in [3.05, 3.63) is 81.6 Å². The number of fused-ring (bicyclic) bond motifs is 2. The van der Waals surface area contributed by atoms with Crippen molar-refractivity contribution in [2.75, 3.05) is 6.54 Å². The quantitative estimate of drug-likeness (QED) is 0.454. The molecule has 0 saturated heterocycles. The van der Waals surface area contributed by atoms with Crippen LogP contribution in [0.1, 0.15) is 24.9 Å². The van der Waals surface area contributed by atoms with Gasteiger partial charge >= 0.3 is 0 Å². The molecule has 2 aromatic carbocycles. The molecule has 0 fully saturated rings. The van der Waals surface area contributed by atoms with Gasteiger partial charge in [-0.25, -0.2) is 4.98 Å². The highest BCUT2D eigenvalue weighted by molar-refractivity contribution is 6.31. The lowest BCUT2D eigenvalue weighted by molar-refractivity contribution is -0.126. The van der Waals surface area contributed by atoms with Gasteiger partial charge in [-0.05, 0) is 42.8 Å². The van der Waals surface area contributed by atoms with Crippen LogP contribution in [0, 0.1) is 0 Å². The van der Waals surface area contributed by atoms with Crippen LogP contribution in [0.4, 0.5) is 0 Å². The van der Waals surface area contributed by atoms with Crippen LogP contribution < -0.4 is 5.56 Å². The maximum absolute atomic E-state index is 12.8. The Bertz CT molecular complexity index is 1270. The van der Waals surface area contributed by atoms with Gasteiger partial charge in [-0.3, -0.25) is 9.59 Å². The Morgan fingerprint density at radius 3 is 2.87 bits per heavy atom. The average Bonchev–Trinajstić information content (AvgIpc) is 3.14. The summed E-state index contributed by atoms with van der Waals surface area (Å²) in [5.41, 5.74) is 1.02. The molecule has 0 bridgehead atoms. The number of halogens is 1. The summed E-state index contributed by atoms with van der Waals surface area (Å²) in [7, 11) is 0. The van der Waals surface area contributed by atoms with E-state index in [9.17, 15) is 9.59 Å². The molecule has 6 nitrogen and oxygen atoms in total. The fraction of sp³-hybridized carbons (Fsp3) is 0.174. The van der Waals surface area contributed by atoms with Crippen molar-refractivity contribution in [2.45, 2.75) is 19.9 Å². The van der Waals surface area contributed by atoms with Crippen molar-refractivity contribution in [1.29, 1.82) is 0 Å². The minimum absolute atomic E-state index is 0.189. The van der Waals surface area contributed by atoms with Crippen molar-refractivity contribution in [1.82, 2.24) is 14.9 Å². The summed E-state index contributed by atoms with van der Waals surface area (Å²) in [6.07, 6.45) is 3.90. The van der Waals surface area contributed by atoms with Crippen LogP contribution in [-0.2, 0) is 11.3 Å². The fourth-order valence-corrected chi connectivity index (χ4v) is 3.46. The first kappa shape index (κ1) is 19.9. The third-order valence-electron chi connectivity index (χ3n) is 4.70. The van der Waals surface area contributed by atoms with E-state index in [1.807, 2.05) is 37.3 Å². The Morgan fingerprint density at radius 2 is 2.07 bits per heavy atom. The van der Waals surface area contributed by atoms with Gasteiger partial charge in [0.2, 0.25) is 5.91 Å². The van der Waals surface area contributed by atoms with E-state index in [1.54, 1.807) is 29.2 Å². The van der Waals surface area contributed by atoms with Gasteiger partial charge in [0.25, 0.3) is 5.56 Å². The summed E-state index contributed by atoms with van der Waals surface area (Å²) in [6.45, 7) is 2.70. The molecule has 1 N–H and O–H groups in total. The molecule has 0 aliphatic carbocycles. The summed E-state index contributed by atoms with van der Waals surface area (Å²) in [6, 6.07) is 14.5. The standard InChI is InChI=1S/C23H20ClN3O3/c1-2-11-27(14-21-25-19-13-16(24)7-9-18(19)23(29)26-21)22(28)10-8-17-12-15-5-3-4-6-20(15)30-17/h3-10,12-13H,2,11,14H2,1H3,(H,25,26,29)/b10-8+. The van der Waals surface area contributed by atoms with Gasteiger partial charge in [0, 0.05) is 23.0 Å². The maximum atomic E-state index is 12.8. The molecule has 2 aromatic heterocycles. The van der Waals surface area contributed by atoms with Crippen LogP contribution in [-0.4, -0.2) is 27.3 Å². The minimum atomic E-state index is -0.256. The van der Waals surface area contributed by atoms with Crippen molar-refractivity contribution in [3.63, 3.8) is 0 Å². The predicted molar refractivity (Wildman–Crippen MR) is 118 cm³/mol. The molecule has 0 unspecified atom stereocenters. The number of hydrogen-bond donors (Lipinski definition) is 1. The molecule has 2 heterocycles. The number of aromatic amines is 1. The molecular weight excluding hydrogens is 402 g/mol. The zero-order chi connectivity index (χ0) is 21.1. The Hall–Kier alpha value is -3.38. The third-order valence-corrected chi connectivity index (χ3v) is 4.93. The normalized spacial score (nSPS) is 11.5. The number of carbonyl (C=O) groups excluding carboxylic acids is 1. The van der Waals surface area contributed by atoms with Gasteiger partial charge in [-0.15, -0.1) is 0 Å². The van der Waals surface area contributed by atoms with Gasteiger partial charge in [0.1, 0.15) is 17.2 Å². The molecular formula is C23H20ClN3O3. The summed E-state index contributed by atoms with van der Waals surface area (Å²) < 4.78 is 5.72. The molecule has 0 saturated carbocycles. The highest BCUT2D eigenvalue weighted by Crippen LogP contribution is 2.20. The molecule has 30 heavy (non-hydrogen) atoms. The number of nitrogens with zero attached hydrogens (tertiary/aromatic N) is 2. The lowest BCUT2D eigenvalue weighted by Gasteiger charge is -2.20. The van der Waals surface area contributed by atoms with E-state index in [0.29, 0.717) is 34.1 Å². The molecule has 1 amide bonds. The molecule has 7 heteroatoms. The fourth-order valence-electron chi connectivity index (χ4n) is 3.30. The number of rotatable bonds is 6. The molecule has 0 radical (unpaired) electrons.